The molecule has 2 atom stereocenters. The number of amides is 2. The van der Waals surface area contributed by atoms with E-state index in [1.807, 2.05) is 0 Å². The van der Waals surface area contributed by atoms with Gasteiger partial charge in [-0.15, -0.1) is 0 Å². The van der Waals surface area contributed by atoms with E-state index in [2.05, 4.69) is 10.6 Å². The van der Waals surface area contributed by atoms with E-state index < -0.39 is 11.9 Å². The Morgan fingerprint density at radius 3 is 2.30 bits per heavy atom. The highest BCUT2D eigenvalue weighted by atomic mass is 16.4. The fourth-order valence-corrected chi connectivity index (χ4v) is 3.45. The molecule has 2 aliphatic rings. The summed E-state index contributed by atoms with van der Waals surface area (Å²) in [6.45, 7) is 0.719. The molecule has 5 nitrogen and oxygen atoms in total. The van der Waals surface area contributed by atoms with Gasteiger partial charge in [0, 0.05) is 12.6 Å². The lowest BCUT2D eigenvalue weighted by Crippen LogP contribution is -2.49. The van der Waals surface area contributed by atoms with Gasteiger partial charge in [-0.05, 0) is 31.6 Å². The Labute approximate surface area is 120 Å². The Balaban J connectivity index is 1.73. The number of rotatable bonds is 4. The van der Waals surface area contributed by atoms with Crippen molar-refractivity contribution < 1.29 is 14.7 Å². The van der Waals surface area contributed by atoms with Crippen LogP contribution in [0.5, 0.6) is 0 Å². The van der Waals surface area contributed by atoms with E-state index in [9.17, 15) is 14.7 Å². The van der Waals surface area contributed by atoms with Crippen LogP contribution >= 0.6 is 0 Å². The Hall–Kier alpha value is -1.26. The van der Waals surface area contributed by atoms with Crippen molar-refractivity contribution in [2.75, 3.05) is 6.54 Å². The molecule has 0 spiro atoms. The second-order valence-electron chi connectivity index (χ2n) is 6.19. The van der Waals surface area contributed by atoms with E-state index in [0.29, 0.717) is 12.3 Å². The molecule has 0 bridgehead atoms. The first-order valence-electron chi connectivity index (χ1n) is 7.94. The molecular weight excluding hydrogens is 256 g/mol. The first kappa shape index (κ1) is 15.1. The minimum atomic E-state index is -0.790. The number of aliphatic carboxylic acids is 1. The molecule has 2 unspecified atom stereocenters. The van der Waals surface area contributed by atoms with Crippen molar-refractivity contribution in [2.45, 2.75) is 63.8 Å². The molecule has 2 amide bonds. The standard InChI is InChI=1S/C15H26N2O3/c18-14(19)12-8-4-5-9-13(12)17-15(20)16-10-11-6-2-1-3-7-11/h11-13H,1-10H2,(H,18,19)(H2,16,17,20). The van der Waals surface area contributed by atoms with E-state index in [1.165, 1.54) is 32.1 Å². The van der Waals surface area contributed by atoms with Crippen molar-refractivity contribution in [2.24, 2.45) is 11.8 Å². The largest absolute Gasteiger partial charge is 0.481 e. The molecule has 0 aromatic heterocycles. The molecule has 114 valence electrons. The summed E-state index contributed by atoms with van der Waals surface area (Å²) in [6, 6.07) is -0.415. The van der Waals surface area contributed by atoms with Gasteiger partial charge in [0.1, 0.15) is 0 Å². The molecule has 0 saturated heterocycles. The summed E-state index contributed by atoms with van der Waals surface area (Å²) < 4.78 is 0. The molecule has 2 fully saturated rings. The van der Waals surface area contributed by atoms with E-state index in [-0.39, 0.29) is 12.1 Å². The van der Waals surface area contributed by atoms with E-state index >= 15 is 0 Å². The fourth-order valence-electron chi connectivity index (χ4n) is 3.45. The maximum absolute atomic E-state index is 11.9. The molecule has 3 N–H and O–H groups in total. The second-order valence-corrected chi connectivity index (χ2v) is 6.19. The van der Waals surface area contributed by atoms with Crippen LogP contribution in [0.1, 0.15) is 57.8 Å². The maximum Gasteiger partial charge on any atom is 0.315 e. The van der Waals surface area contributed by atoms with Crippen LogP contribution < -0.4 is 10.6 Å². The summed E-state index contributed by atoms with van der Waals surface area (Å²) in [5, 5.41) is 15.0. The summed E-state index contributed by atoms with van der Waals surface area (Å²) >= 11 is 0. The predicted molar refractivity (Wildman–Crippen MR) is 76.5 cm³/mol. The number of carbonyl (C=O) groups excluding carboxylic acids is 1. The van der Waals surface area contributed by atoms with Gasteiger partial charge in [0.05, 0.1) is 5.92 Å². The molecule has 5 heteroatoms. The van der Waals surface area contributed by atoms with Gasteiger partial charge in [-0.1, -0.05) is 32.1 Å². The average molecular weight is 282 g/mol. The highest BCUT2D eigenvalue weighted by molar-refractivity contribution is 5.76. The van der Waals surface area contributed by atoms with Crippen molar-refractivity contribution in [3.63, 3.8) is 0 Å². The summed E-state index contributed by atoms with van der Waals surface area (Å²) in [6.07, 6.45) is 9.61. The molecule has 2 aliphatic carbocycles. The smallest absolute Gasteiger partial charge is 0.315 e. The first-order valence-corrected chi connectivity index (χ1v) is 7.94. The lowest BCUT2D eigenvalue weighted by Gasteiger charge is -2.29. The highest BCUT2D eigenvalue weighted by Gasteiger charge is 2.31. The van der Waals surface area contributed by atoms with Crippen molar-refractivity contribution in [1.29, 1.82) is 0 Å². The molecule has 2 rings (SSSR count). The van der Waals surface area contributed by atoms with Crippen LogP contribution in [-0.4, -0.2) is 29.7 Å². The third kappa shape index (κ3) is 4.39. The molecule has 0 aliphatic heterocycles. The van der Waals surface area contributed by atoms with Gasteiger partial charge in [0.2, 0.25) is 0 Å². The Morgan fingerprint density at radius 1 is 0.950 bits per heavy atom. The molecule has 0 heterocycles. The lowest BCUT2D eigenvalue weighted by atomic mass is 9.84. The minimum Gasteiger partial charge on any atom is -0.481 e. The summed E-state index contributed by atoms with van der Waals surface area (Å²) in [7, 11) is 0. The van der Waals surface area contributed by atoms with Crippen LogP contribution in [0.15, 0.2) is 0 Å². The zero-order valence-corrected chi connectivity index (χ0v) is 12.1. The van der Waals surface area contributed by atoms with Crippen molar-refractivity contribution >= 4 is 12.0 Å². The zero-order valence-electron chi connectivity index (χ0n) is 12.1. The minimum absolute atomic E-state index is 0.200. The van der Waals surface area contributed by atoms with E-state index in [1.54, 1.807) is 0 Å². The lowest BCUT2D eigenvalue weighted by molar-refractivity contribution is -0.143. The third-order valence-corrected chi connectivity index (χ3v) is 4.68. The Morgan fingerprint density at radius 2 is 1.60 bits per heavy atom. The van der Waals surface area contributed by atoms with Gasteiger partial charge in [-0.25, -0.2) is 4.79 Å². The molecule has 0 aromatic carbocycles. The second kappa shape index (κ2) is 7.50. The molecular formula is C15H26N2O3. The molecule has 2 saturated carbocycles. The highest BCUT2D eigenvalue weighted by Crippen LogP contribution is 2.25. The van der Waals surface area contributed by atoms with E-state index in [4.69, 9.17) is 0 Å². The molecule has 0 radical (unpaired) electrons. The van der Waals surface area contributed by atoms with Gasteiger partial charge in [-0.3, -0.25) is 4.79 Å². The van der Waals surface area contributed by atoms with Crippen molar-refractivity contribution in [3.05, 3.63) is 0 Å². The van der Waals surface area contributed by atoms with Crippen molar-refractivity contribution in [1.82, 2.24) is 10.6 Å². The number of nitrogens with one attached hydrogen (secondary N) is 2. The number of hydrogen-bond acceptors (Lipinski definition) is 2. The maximum atomic E-state index is 11.9. The molecule has 20 heavy (non-hydrogen) atoms. The zero-order chi connectivity index (χ0) is 14.4. The average Bonchev–Trinajstić information content (AvgIpc) is 2.46. The van der Waals surface area contributed by atoms with Crippen LogP contribution in [0.25, 0.3) is 0 Å². The van der Waals surface area contributed by atoms with Crippen LogP contribution in [-0.2, 0) is 4.79 Å². The summed E-state index contributed by atoms with van der Waals surface area (Å²) in [4.78, 5) is 23.1. The Bertz CT molecular complexity index is 340. The van der Waals surface area contributed by atoms with Gasteiger partial charge < -0.3 is 15.7 Å². The van der Waals surface area contributed by atoms with Gasteiger partial charge in [0.25, 0.3) is 0 Å². The predicted octanol–water partition coefficient (Wildman–Crippen LogP) is 2.51. The van der Waals surface area contributed by atoms with Crippen LogP contribution in [0.2, 0.25) is 0 Å². The van der Waals surface area contributed by atoms with E-state index in [0.717, 1.165) is 25.8 Å². The molecule has 0 aromatic rings. The van der Waals surface area contributed by atoms with Crippen LogP contribution in [0, 0.1) is 11.8 Å². The monoisotopic (exact) mass is 282 g/mol. The number of carbonyl (C=O) groups is 2. The Kier molecular flexibility index (Phi) is 5.68. The van der Waals surface area contributed by atoms with Crippen LogP contribution in [0.3, 0.4) is 0 Å². The fraction of sp³-hybridized carbons (Fsp3) is 0.867. The van der Waals surface area contributed by atoms with Gasteiger partial charge in [0.15, 0.2) is 0 Å². The number of hydrogen-bond donors (Lipinski definition) is 3. The van der Waals surface area contributed by atoms with Gasteiger partial charge >= 0.3 is 12.0 Å². The van der Waals surface area contributed by atoms with Gasteiger partial charge in [-0.2, -0.15) is 0 Å². The van der Waals surface area contributed by atoms with Crippen molar-refractivity contribution in [3.8, 4) is 0 Å². The number of urea groups is 1. The topological polar surface area (TPSA) is 78.4 Å². The number of carboxylic acid groups (broad SMARTS) is 1. The summed E-state index contributed by atoms with van der Waals surface area (Å²) in [5.74, 6) is -0.623. The first-order chi connectivity index (χ1) is 9.66. The quantitative estimate of drug-likeness (QED) is 0.741. The van der Waals surface area contributed by atoms with Crippen LogP contribution in [0.4, 0.5) is 4.79 Å². The summed E-state index contributed by atoms with van der Waals surface area (Å²) in [5.41, 5.74) is 0. The number of carboxylic acids is 1. The third-order valence-electron chi connectivity index (χ3n) is 4.68. The SMILES string of the molecule is O=C(NCC1CCCCC1)NC1CCCCC1C(=O)O. The normalized spacial score (nSPS) is 27.8.